The first-order valence-corrected chi connectivity index (χ1v) is 9.70. The molecule has 0 unspecified atom stereocenters. The molecule has 3 atom stereocenters. The molecule has 1 saturated carbocycles. The summed E-state index contributed by atoms with van der Waals surface area (Å²) in [6.07, 6.45) is 1.57. The van der Waals surface area contributed by atoms with Crippen LogP contribution in [-0.4, -0.2) is 55.0 Å². The topological polar surface area (TPSA) is 70.0 Å². The lowest BCUT2D eigenvalue weighted by molar-refractivity contribution is -0.131. The normalized spacial score (nSPS) is 33.3. The van der Waals surface area contributed by atoms with E-state index in [2.05, 4.69) is 4.99 Å². The van der Waals surface area contributed by atoms with E-state index in [-0.39, 0.29) is 17.7 Å². The summed E-state index contributed by atoms with van der Waals surface area (Å²) in [7, 11) is -1.76. The Morgan fingerprint density at radius 1 is 1.21 bits per heavy atom. The van der Waals surface area contributed by atoms with Crippen LogP contribution in [0, 0.1) is 11.8 Å². The molecule has 1 spiro atoms. The second kappa shape index (κ2) is 5.13. The first kappa shape index (κ1) is 15.8. The summed E-state index contributed by atoms with van der Waals surface area (Å²) < 4.78 is 27.3. The monoisotopic (exact) mass is 347 g/mol. The SMILES string of the molecule is CC1=N[C@@]2(CC[C@@H]3CN(S(=O)(=O)c4ccccc4)C[C@@H]32)C(=O)N1C. The smallest absolute Gasteiger partial charge is 0.255 e. The van der Waals surface area contributed by atoms with Gasteiger partial charge in [-0.1, -0.05) is 18.2 Å². The van der Waals surface area contributed by atoms with Crippen molar-refractivity contribution in [2.75, 3.05) is 20.1 Å². The number of carbonyl (C=O) groups is 1. The number of hydrogen-bond donors (Lipinski definition) is 0. The summed E-state index contributed by atoms with van der Waals surface area (Å²) in [5.74, 6) is 0.926. The minimum atomic E-state index is -3.51. The predicted octanol–water partition coefficient (Wildman–Crippen LogP) is 1.35. The molecular formula is C17H21N3O3S. The Balaban J connectivity index is 1.65. The molecule has 7 heteroatoms. The maximum Gasteiger partial charge on any atom is 0.255 e. The molecule has 24 heavy (non-hydrogen) atoms. The lowest BCUT2D eigenvalue weighted by atomic mass is 9.85. The van der Waals surface area contributed by atoms with E-state index >= 15 is 0 Å². The number of benzene rings is 1. The number of sulfonamides is 1. The molecule has 1 saturated heterocycles. The van der Waals surface area contributed by atoms with Crippen molar-refractivity contribution in [3.05, 3.63) is 30.3 Å². The lowest BCUT2D eigenvalue weighted by Gasteiger charge is -2.27. The molecule has 128 valence electrons. The van der Waals surface area contributed by atoms with Gasteiger partial charge in [-0.05, 0) is 37.8 Å². The number of amidine groups is 1. The molecule has 0 radical (unpaired) electrons. The van der Waals surface area contributed by atoms with Gasteiger partial charge in [-0.25, -0.2) is 8.42 Å². The Labute approximate surface area is 142 Å². The summed E-state index contributed by atoms with van der Waals surface area (Å²) in [4.78, 5) is 19.4. The zero-order valence-corrected chi connectivity index (χ0v) is 14.7. The van der Waals surface area contributed by atoms with E-state index in [0.717, 1.165) is 18.7 Å². The minimum Gasteiger partial charge on any atom is -0.302 e. The van der Waals surface area contributed by atoms with Gasteiger partial charge in [0.1, 0.15) is 11.4 Å². The van der Waals surface area contributed by atoms with Crippen LogP contribution in [0.3, 0.4) is 0 Å². The molecule has 0 N–H and O–H groups in total. The van der Waals surface area contributed by atoms with E-state index in [4.69, 9.17) is 0 Å². The Morgan fingerprint density at radius 3 is 2.54 bits per heavy atom. The van der Waals surface area contributed by atoms with Gasteiger partial charge >= 0.3 is 0 Å². The number of rotatable bonds is 2. The van der Waals surface area contributed by atoms with Crippen LogP contribution in [0.15, 0.2) is 40.2 Å². The molecule has 1 aromatic rings. The molecule has 0 bridgehead atoms. The Kier molecular flexibility index (Phi) is 3.37. The summed E-state index contributed by atoms with van der Waals surface area (Å²) >= 11 is 0. The summed E-state index contributed by atoms with van der Waals surface area (Å²) in [5, 5.41) is 0. The van der Waals surface area contributed by atoms with Gasteiger partial charge in [0, 0.05) is 26.1 Å². The van der Waals surface area contributed by atoms with Gasteiger partial charge in [-0.15, -0.1) is 0 Å². The molecule has 1 aliphatic carbocycles. The number of aliphatic imine (C=N–C) groups is 1. The fraction of sp³-hybridized carbons (Fsp3) is 0.529. The molecule has 1 amide bonds. The predicted molar refractivity (Wildman–Crippen MR) is 90.0 cm³/mol. The van der Waals surface area contributed by atoms with Crippen LogP contribution in [0.2, 0.25) is 0 Å². The van der Waals surface area contributed by atoms with Crippen LogP contribution >= 0.6 is 0 Å². The van der Waals surface area contributed by atoms with Crippen molar-refractivity contribution >= 4 is 21.8 Å². The summed E-state index contributed by atoms with van der Waals surface area (Å²) in [6, 6.07) is 8.51. The van der Waals surface area contributed by atoms with E-state index in [0.29, 0.717) is 18.0 Å². The van der Waals surface area contributed by atoms with Gasteiger partial charge in [0.15, 0.2) is 0 Å². The highest BCUT2D eigenvalue weighted by Gasteiger charge is 2.61. The van der Waals surface area contributed by atoms with Crippen molar-refractivity contribution in [2.45, 2.75) is 30.2 Å². The zero-order valence-electron chi connectivity index (χ0n) is 13.8. The molecule has 2 heterocycles. The van der Waals surface area contributed by atoms with Gasteiger partial charge in [-0.2, -0.15) is 4.31 Å². The lowest BCUT2D eigenvalue weighted by Crippen LogP contribution is -2.45. The van der Waals surface area contributed by atoms with E-state index in [1.165, 1.54) is 4.31 Å². The van der Waals surface area contributed by atoms with Crippen molar-refractivity contribution in [1.82, 2.24) is 9.21 Å². The largest absolute Gasteiger partial charge is 0.302 e. The highest BCUT2D eigenvalue weighted by Crippen LogP contribution is 2.50. The van der Waals surface area contributed by atoms with E-state index < -0.39 is 15.6 Å². The number of carbonyl (C=O) groups excluding carboxylic acids is 1. The standard InChI is InChI=1S/C17H21N3O3S/c1-12-18-17(16(21)19(12)2)9-8-13-10-20(11-15(13)17)24(22,23)14-6-4-3-5-7-14/h3-7,13,15H,8-11H2,1-2H3/t13-,15+,17-/m1/s1. The molecule has 6 nitrogen and oxygen atoms in total. The van der Waals surface area contributed by atoms with E-state index in [1.807, 2.05) is 6.92 Å². The van der Waals surface area contributed by atoms with Crippen LogP contribution in [0.1, 0.15) is 19.8 Å². The minimum absolute atomic E-state index is 0.0199. The Hall–Kier alpha value is -1.73. The fourth-order valence-electron chi connectivity index (χ4n) is 4.45. The third-order valence-electron chi connectivity index (χ3n) is 5.82. The third-order valence-corrected chi connectivity index (χ3v) is 7.67. The first-order valence-electron chi connectivity index (χ1n) is 8.26. The average molecular weight is 347 g/mol. The van der Waals surface area contributed by atoms with Crippen LogP contribution in [0.5, 0.6) is 0 Å². The number of nitrogens with zero attached hydrogens (tertiary/aromatic N) is 3. The van der Waals surface area contributed by atoms with Gasteiger partial charge in [0.2, 0.25) is 10.0 Å². The molecule has 1 aromatic carbocycles. The fourth-order valence-corrected chi connectivity index (χ4v) is 5.99. The highest BCUT2D eigenvalue weighted by atomic mass is 32.2. The van der Waals surface area contributed by atoms with Crippen molar-refractivity contribution in [3.8, 4) is 0 Å². The quantitative estimate of drug-likeness (QED) is 0.811. The van der Waals surface area contributed by atoms with Crippen LogP contribution < -0.4 is 0 Å². The molecule has 4 rings (SSSR count). The molecular weight excluding hydrogens is 326 g/mol. The average Bonchev–Trinajstić information content (AvgIpc) is 3.21. The zero-order chi connectivity index (χ0) is 17.1. The van der Waals surface area contributed by atoms with Gasteiger partial charge in [0.25, 0.3) is 5.91 Å². The number of amides is 1. The van der Waals surface area contributed by atoms with Crippen molar-refractivity contribution in [3.63, 3.8) is 0 Å². The Bertz CT molecular complexity index is 821. The van der Waals surface area contributed by atoms with E-state index in [1.54, 1.807) is 42.3 Å². The first-order chi connectivity index (χ1) is 11.4. The van der Waals surface area contributed by atoms with Crippen molar-refractivity contribution < 1.29 is 13.2 Å². The third kappa shape index (κ3) is 2.01. The van der Waals surface area contributed by atoms with Crippen molar-refractivity contribution in [1.29, 1.82) is 0 Å². The molecule has 2 fully saturated rings. The van der Waals surface area contributed by atoms with E-state index in [9.17, 15) is 13.2 Å². The molecule has 2 aliphatic heterocycles. The maximum atomic E-state index is 12.9. The molecule has 0 aromatic heterocycles. The number of fused-ring (bicyclic) bond motifs is 2. The highest BCUT2D eigenvalue weighted by molar-refractivity contribution is 7.89. The second-order valence-corrected chi connectivity index (χ2v) is 8.93. The van der Waals surface area contributed by atoms with Crippen LogP contribution in [0.4, 0.5) is 0 Å². The van der Waals surface area contributed by atoms with Gasteiger partial charge in [-0.3, -0.25) is 9.79 Å². The second-order valence-electron chi connectivity index (χ2n) is 6.99. The van der Waals surface area contributed by atoms with Crippen LogP contribution in [-0.2, 0) is 14.8 Å². The maximum absolute atomic E-state index is 12.9. The van der Waals surface area contributed by atoms with Crippen molar-refractivity contribution in [2.24, 2.45) is 16.8 Å². The van der Waals surface area contributed by atoms with Crippen LogP contribution in [0.25, 0.3) is 0 Å². The Morgan fingerprint density at radius 2 is 1.92 bits per heavy atom. The molecule has 3 aliphatic rings. The summed E-state index contributed by atoms with van der Waals surface area (Å²) in [5.41, 5.74) is -0.746. The van der Waals surface area contributed by atoms with Gasteiger partial charge in [0.05, 0.1) is 4.90 Å². The number of likely N-dealkylation sites (N-methyl/N-ethyl adjacent to an activating group) is 1. The number of hydrogen-bond acceptors (Lipinski definition) is 4. The van der Waals surface area contributed by atoms with Gasteiger partial charge < -0.3 is 4.90 Å². The summed E-state index contributed by atoms with van der Waals surface area (Å²) in [6.45, 7) is 2.70.